The molecule has 0 bridgehead atoms. The second kappa shape index (κ2) is 5.91. The first-order valence-electron chi connectivity index (χ1n) is 7.26. The summed E-state index contributed by atoms with van der Waals surface area (Å²) in [6.07, 6.45) is 3.53. The van der Waals surface area contributed by atoms with Crippen LogP contribution in [-0.4, -0.2) is 54.2 Å². The summed E-state index contributed by atoms with van der Waals surface area (Å²) in [6, 6.07) is 0.808. The van der Waals surface area contributed by atoms with Gasteiger partial charge >= 0.3 is 6.09 Å². The van der Waals surface area contributed by atoms with Gasteiger partial charge in [-0.15, -0.1) is 0 Å². The van der Waals surface area contributed by atoms with Crippen molar-refractivity contribution in [2.45, 2.75) is 52.2 Å². The molecule has 1 aliphatic heterocycles. The summed E-state index contributed by atoms with van der Waals surface area (Å²) < 4.78 is 5.48. The van der Waals surface area contributed by atoms with Gasteiger partial charge in [0.15, 0.2) is 0 Å². The summed E-state index contributed by atoms with van der Waals surface area (Å²) in [7, 11) is 0. The molecule has 1 saturated heterocycles. The number of carbonyl (C=O) groups is 1. The molecule has 0 aromatic heterocycles. The third kappa shape index (κ3) is 3.87. The van der Waals surface area contributed by atoms with E-state index in [1.807, 2.05) is 11.8 Å². The molecule has 1 heterocycles. The average molecular weight is 254 g/mol. The maximum Gasteiger partial charge on any atom is 0.410 e. The zero-order valence-electron chi connectivity index (χ0n) is 11.9. The summed E-state index contributed by atoms with van der Waals surface area (Å²) in [6.45, 7) is 9.96. The van der Waals surface area contributed by atoms with Crippen molar-refractivity contribution >= 4 is 6.09 Å². The molecule has 1 amide bonds. The quantitative estimate of drug-likeness (QED) is 0.772. The van der Waals surface area contributed by atoms with Crippen LogP contribution in [0.1, 0.15) is 40.0 Å². The lowest BCUT2D eigenvalue weighted by molar-refractivity contribution is 0.0443. The Bertz CT molecular complexity index is 282. The van der Waals surface area contributed by atoms with Crippen LogP contribution in [0.2, 0.25) is 0 Å². The molecule has 0 aromatic rings. The van der Waals surface area contributed by atoms with Crippen molar-refractivity contribution in [3.63, 3.8) is 0 Å². The SMILES string of the molecule is CC(C)CC(C)OC(=O)N1CCN(C2CC2)CC1. The number of ether oxygens (including phenoxy) is 1. The molecule has 0 radical (unpaired) electrons. The molecule has 1 aliphatic carbocycles. The highest BCUT2D eigenvalue weighted by atomic mass is 16.6. The van der Waals surface area contributed by atoms with Crippen LogP contribution in [-0.2, 0) is 4.74 Å². The molecule has 2 fully saturated rings. The Morgan fingerprint density at radius 3 is 2.28 bits per heavy atom. The summed E-state index contributed by atoms with van der Waals surface area (Å²) in [5, 5.41) is 0. The minimum Gasteiger partial charge on any atom is -0.446 e. The van der Waals surface area contributed by atoms with E-state index in [1.54, 1.807) is 0 Å². The van der Waals surface area contributed by atoms with E-state index < -0.39 is 0 Å². The van der Waals surface area contributed by atoms with Crippen LogP contribution in [0.25, 0.3) is 0 Å². The zero-order valence-corrected chi connectivity index (χ0v) is 11.9. The molecule has 2 aliphatic rings. The number of carbonyl (C=O) groups excluding carboxylic acids is 1. The maximum absolute atomic E-state index is 12.0. The lowest BCUT2D eigenvalue weighted by Gasteiger charge is -2.34. The van der Waals surface area contributed by atoms with E-state index in [0.717, 1.165) is 38.6 Å². The molecule has 0 N–H and O–H groups in total. The van der Waals surface area contributed by atoms with Gasteiger partial charge < -0.3 is 9.64 Å². The second-order valence-corrected chi connectivity index (χ2v) is 6.08. The van der Waals surface area contributed by atoms with Gasteiger partial charge in [0.2, 0.25) is 0 Å². The molecule has 2 rings (SSSR count). The van der Waals surface area contributed by atoms with E-state index in [1.165, 1.54) is 12.8 Å². The smallest absolute Gasteiger partial charge is 0.410 e. The Morgan fingerprint density at radius 2 is 1.78 bits per heavy atom. The zero-order chi connectivity index (χ0) is 13.1. The fourth-order valence-electron chi connectivity index (χ4n) is 2.67. The third-order valence-electron chi connectivity index (χ3n) is 3.74. The van der Waals surface area contributed by atoms with Gasteiger partial charge in [0.1, 0.15) is 6.10 Å². The van der Waals surface area contributed by atoms with E-state index in [-0.39, 0.29) is 12.2 Å². The number of nitrogens with zero attached hydrogens (tertiary/aromatic N) is 2. The van der Waals surface area contributed by atoms with Gasteiger partial charge in [0, 0.05) is 32.2 Å². The Hall–Kier alpha value is -0.770. The van der Waals surface area contributed by atoms with E-state index in [9.17, 15) is 4.79 Å². The monoisotopic (exact) mass is 254 g/mol. The van der Waals surface area contributed by atoms with Gasteiger partial charge in [-0.2, -0.15) is 0 Å². The Labute approximate surface area is 110 Å². The van der Waals surface area contributed by atoms with E-state index >= 15 is 0 Å². The highest BCUT2D eigenvalue weighted by Crippen LogP contribution is 2.27. The molecule has 1 unspecified atom stereocenters. The van der Waals surface area contributed by atoms with Crippen molar-refractivity contribution < 1.29 is 9.53 Å². The average Bonchev–Trinajstić information content (AvgIpc) is 3.11. The van der Waals surface area contributed by atoms with Crippen LogP contribution < -0.4 is 0 Å². The lowest BCUT2D eigenvalue weighted by atomic mass is 10.1. The first-order valence-corrected chi connectivity index (χ1v) is 7.26. The van der Waals surface area contributed by atoms with Gasteiger partial charge in [-0.25, -0.2) is 4.79 Å². The van der Waals surface area contributed by atoms with Gasteiger partial charge in [0.25, 0.3) is 0 Å². The van der Waals surface area contributed by atoms with Gasteiger partial charge in [-0.3, -0.25) is 4.90 Å². The lowest BCUT2D eigenvalue weighted by Crippen LogP contribution is -2.49. The fraction of sp³-hybridized carbons (Fsp3) is 0.929. The third-order valence-corrected chi connectivity index (χ3v) is 3.74. The van der Waals surface area contributed by atoms with E-state index in [0.29, 0.717) is 5.92 Å². The molecule has 4 nitrogen and oxygen atoms in total. The first kappa shape index (κ1) is 13.7. The Kier molecular flexibility index (Phi) is 4.49. The molecule has 4 heteroatoms. The van der Waals surface area contributed by atoms with Gasteiger partial charge in [-0.05, 0) is 32.1 Å². The minimum atomic E-state index is -0.126. The highest BCUT2D eigenvalue weighted by Gasteiger charge is 2.32. The molecule has 0 aromatic carbocycles. The van der Waals surface area contributed by atoms with E-state index in [2.05, 4.69) is 18.7 Å². The second-order valence-electron chi connectivity index (χ2n) is 6.08. The van der Waals surface area contributed by atoms with Crippen molar-refractivity contribution in [1.29, 1.82) is 0 Å². The predicted molar refractivity (Wildman–Crippen MR) is 71.6 cm³/mol. The first-order chi connectivity index (χ1) is 8.56. The van der Waals surface area contributed by atoms with Crippen LogP contribution in [0.3, 0.4) is 0 Å². The molecule has 0 spiro atoms. The molecule has 1 atom stereocenters. The van der Waals surface area contributed by atoms with Crippen LogP contribution in [0.4, 0.5) is 4.79 Å². The van der Waals surface area contributed by atoms with E-state index in [4.69, 9.17) is 4.74 Å². The molecular formula is C14H26N2O2. The van der Waals surface area contributed by atoms with Crippen molar-refractivity contribution in [2.75, 3.05) is 26.2 Å². The standard InChI is InChI=1S/C14H26N2O2/c1-11(2)10-12(3)18-14(17)16-8-6-15(7-9-16)13-4-5-13/h11-13H,4-10H2,1-3H3. The molecule has 104 valence electrons. The van der Waals surface area contributed by atoms with Gasteiger partial charge in [0.05, 0.1) is 0 Å². The number of hydrogen-bond acceptors (Lipinski definition) is 3. The van der Waals surface area contributed by atoms with Crippen molar-refractivity contribution in [1.82, 2.24) is 9.80 Å². The summed E-state index contributed by atoms with van der Waals surface area (Å²) in [5.41, 5.74) is 0. The fourth-order valence-corrected chi connectivity index (χ4v) is 2.67. The summed E-state index contributed by atoms with van der Waals surface area (Å²) in [4.78, 5) is 16.3. The number of hydrogen-bond donors (Lipinski definition) is 0. The molecular weight excluding hydrogens is 228 g/mol. The largest absolute Gasteiger partial charge is 0.446 e. The minimum absolute atomic E-state index is 0.0268. The Balaban J connectivity index is 1.69. The molecule has 18 heavy (non-hydrogen) atoms. The number of rotatable bonds is 4. The topological polar surface area (TPSA) is 32.8 Å². The van der Waals surface area contributed by atoms with Crippen LogP contribution in [0.5, 0.6) is 0 Å². The normalized spacial score (nSPS) is 23.2. The van der Waals surface area contributed by atoms with Crippen LogP contribution in [0.15, 0.2) is 0 Å². The van der Waals surface area contributed by atoms with Crippen LogP contribution >= 0.6 is 0 Å². The highest BCUT2D eigenvalue weighted by molar-refractivity contribution is 5.67. The van der Waals surface area contributed by atoms with Crippen LogP contribution in [0, 0.1) is 5.92 Å². The van der Waals surface area contributed by atoms with Crippen molar-refractivity contribution in [3.8, 4) is 0 Å². The summed E-state index contributed by atoms with van der Waals surface area (Å²) >= 11 is 0. The molecule has 1 saturated carbocycles. The number of piperazine rings is 1. The van der Waals surface area contributed by atoms with Crippen molar-refractivity contribution in [2.24, 2.45) is 5.92 Å². The predicted octanol–water partition coefficient (Wildman–Crippen LogP) is 2.34. The van der Waals surface area contributed by atoms with Gasteiger partial charge in [-0.1, -0.05) is 13.8 Å². The Morgan fingerprint density at radius 1 is 1.17 bits per heavy atom. The summed E-state index contributed by atoms with van der Waals surface area (Å²) in [5.74, 6) is 0.569. The van der Waals surface area contributed by atoms with Crippen molar-refractivity contribution in [3.05, 3.63) is 0 Å². The maximum atomic E-state index is 12.0. The number of amides is 1.